The molecule has 0 amide bonds. The van der Waals surface area contributed by atoms with Crippen LogP contribution in [0.5, 0.6) is 0 Å². The van der Waals surface area contributed by atoms with Crippen molar-refractivity contribution in [2.75, 3.05) is 0 Å². The zero-order valence-corrected chi connectivity index (χ0v) is 14.6. The van der Waals surface area contributed by atoms with Crippen molar-refractivity contribution < 1.29 is 13.7 Å². The molecule has 5 nitrogen and oxygen atoms in total. The first kappa shape index (κ1) is 16.9. The molecule has 0 spiro atoms. The summed E-state index contributed by atoms with van der Waals surface area (Å²) in [5.74, 6) is 0. The molecule has 0 aromatic carbocycles. The van der Waals surface area contributed by atoms with Gasteiger partial charge in [0.15, 0.2) is 0 Å². The summed E-state index contributed by atoms with van der Waals surface area (Å²) in [6.07, 6.45) is 4.82. The summed E-state index contributed by atoms with van der Waals surface area (Å²) < 4.78 is 27.7. The highest BCUT2D eigenvalue weighted by Gasteiger charge is 2.53. The Labute approximate surface area is 141 Å². The summed E-state index contributed by atoms with van der Waals surface area (Å²) in [5, 5.41) is 4.40. The molecule has 1 aliphatic heterocycles. The van der Waals surface area contributed by atoms with Gasteiger partial charge in [-0.25, -0.2) is 4.39 Å². The molecule has 1 saturated heterocycles. The van der Waals surface area contributed by atoms with Crippen molar-refractivity contribution in [3.05, 3.63) is 42.0 Å². The molecule has 2 aromatic rings. The van der Waals surface area contributed by atoms with Crippen molar-refractivity contribution in [3.8, 4) is 11.3 Å². The first-order valence-electron chi connectivity index (χ1n) is 7.87. The zero-order valence-electron chi connectivity index (χ0n) is 14.6. The van der Waals surface area contributed by atoms with Crippen molar-refractivity contribution >= 4 is 13.2 Å². The van der Waals surface area contributed by atoms with Crippen LogP contribution in [-0.4, -0.2) is 33.1 Å². The van der Waals surface area contributed by atoms with Gasteiger partial charge in [-0.3, -0.25) is 9.67 Å². The molecule has 0 saturated carbocycles. The van der Waals surface area contributed by atoms with Crippen LogP contribution in [0.4, 0.5) is 4.39 Å². The van der Waals surface area contributed by atoms with Gasteiger partial charge in [0.2, 0.25) is 0 Å². The lowest BCUT2D eigenvalue weighted by atomic mass is 9.87. The molecule has 3 rings (SSSR count). The van der Waals surface area contributed by atoms with E-state index >= 15 is 0 Å². The second-order valence-electron chi connectivity index (χ2n) is 6.94. The van der Waals surface area contributed by atoms with Gasteiger partial charge in [-0.05, 0) is 52.0 Å². The third-order valence-corrected chi connectivity index (χ3v) is 4.64. The summed E-state index contributed by atoms with van der Waals surface area (Å²) in [6.45, 7) is 7.57. The minimum Gasteiger partial charge on any atom is -0.398 e. The second-order valence-corrected chi connectivity index (χ2v) is 6.94. The first-order valence-corrected chi connectivity index (χ1v) is 7.87. The lowest BCUT2D eigenvalue weighted by Gasteiger charge is -2.32. The van der Waals surface area contributed by atoms with Crippen LogP contribution < -0.4 is 0 Å². The quantitative estimate of drug-likeness (QED) is 0.810. The van der Waals surface area contributed by atoms with Crippen molar-refractivity contribution in [1.29, 1.82) is 0 Å². The third kappa shape index (κ3) is 3.01. The van der Waals surface area contributed by atoms with E-state index in [4.69, 9.17) is 9.31 Å². The Morgan fingerprint density at radius 1 is 1.25 bits per heavy atom. The average Bonchev–Trinajstić information content (AvgIpc) is 2.97. The normalized spacial score (nSPS) is 19.8. The molecular formula is C17H21BFN3O2. The Morgan fingerprint density at radius 3 is 2.50 bits per heavy atom. The number of nitrogens with zero attached hydrogens (tertiary/aromatic N) is 3. The Morgan fingerprint density at radius 2 is 1.92 bits per heavy atom. The van der Waals surface area contributed by atoms with Gasteiger partial charge in [-0.1, -0.05) is 0 Å². The van der Waals surface area contributed by atoms with Crippen LogP contribution in [0, 0.1) is 0 Å². The predicted molar refractivity (Wildman–Crippen MR) is 91.6 cm³/mol. The smallest absolute Gasteiger partial charge is 0.398 e. The molecule has 7 heteroatoms. The van der Waals surface area contributed by atoms with Crippen LogP contribution in [-0.2, 0) is 16.4 Å². The molecule has 3 heterocycles. The molecule has 24 heavy (non-hydrogen) atoms. The van der Waals surface area contributed by atoms with Crippen LogP contribution in [0.2, 0.25) is 0 Å². The van der Waals surface area contributed by atoms with Gasteiger partial charge < -0.3 is 9.31 Å². The van der Waals surface area contributed by atoms with Crippen molar-refractivity contribution in [2.24, 2.45) is 7.05 Å². The molecular weight excluding hydrogens is 308 g/mol. The molecule has 1 fully saturated rings. The molecule has 0 atom stereocenters. The third-order valence-electron chi connectivity index (χ3n) is 4.64. The van der Waals surface area contributed by atoms with E-state index in [1.165, 1.54) is 6.08 Å². The molecule has 1 aliphatic rings. The zero-order chi connectivity index (χ0) is 17.5. The summed E-state index contributed by atoms with van der Waals surface area (Å²) in [5.41, 5.74) is 0.615. The molecule has 126 valence electrons. The number of hydrogen-bond donors (Lipinski definition) is 0. The number of aryl methyl sites for hydroxylation is 1. The maximum absolute atomic E-state index is 14.6. The Bertz CT molecular complexity index is 755. The van der Waals surface area contributed by atoms with Crippen molar-refractivity contribution in [1.82, 2.24) is 14.8 Å². The van der Waals surface area contributed by atoms with Crippen LogP contribution >= 0.6 is 0 Å². The topological polar surface area (TPSA) is 49.2 Å². The number of rotatable bonds is 3. The molecule has 0 unspecified atom stereocenters. The van der Waals surface area contributed by atoms with Crippen molar-refractivity contribution in [3.63, 3.8) is 0 Å². The Hall–Kier alpha value is -1.99. The predicted octanol–water partition coefficient (Wildman–Crippen LogP) is 3.42. The fourth-order valence-corrected chi connectivity index (χ4v) is 2.44. The number of aromatic nitrogens is 3. The van der Waals surface area contributed by atoms with Gasteiger partial charge in [0.25, 0.3) is 0 Å². The lowest BCUT2D eigenvalue weighted by Crippen LogP contribution is -2.41. The summed E-state index contributed by atoms with van der Waals surface area (Å²) in [4.78, 5) is 4.08. The summed E-state index contributed by atoms with van der Waals surface area (Å²) in [7, 11) is 0.759. The largest absolute Gasteiger partial charge is 0.525 e. The van der Waals surface area contributed by atoms with E-state index in [1.54, 1.807) is 24.1 Å². The highest BCUT2D eigenvalue weighted by molar-refractivity contribution is 6.54. The average molecular weight is 329 g/mol. The van der Waals surface area contributed by atoms with Crippen LogP contribution in [0.3, 0.4) is 0 Å². The highest BCUT2D eigenvalue weighted by Crippen LogP contribution is 2.39. The summed E-state index contributed by atoms with van der Waals surface area (Å²) >= 11 is 0. The minimum atomic E-state index is -1.01. The van der Waals surface area contributed by atoms with E-state index in [-0.39, 0.29) is 0 Å². The van der Waals surface area contributed by atoms with Crippen molar-refractivity contribution in [2.45, 2.75) is 38.9 Å². The number of halogens is 1. The van der Waals surface area contributed by atoms with E-state index in [1.807, 2.05) is 45.9 Å². The summed E-state index contributed by atoms with van der Waals surface area (Å²) in [6, 6.07) is 5.56. The maximum Gasteiger partial charge on any atom is 0.525 e. The highest BCUT2D eigenvalue weighted by atomic mass is 19.1. The molecule has 0 aliphatic carbocycles. The fraction of sp³-hybridized carbons (Fsp3) is 0.412. The number of hydrogen-bond acceptors (Lipinski definition) is 4. The lowest BCUT2D eigenvalue weighted by molar-refractivity contribution is 0.00578. The standard InChI is InChI=1S/C17H21BFN3O2/c1-16(2)17(3,4)24-18(23-16)15(19)10-13-9-14(21-22(13)5)12-7-6-8-20-11-12/h6-11H,1-5H3. The second kappa shape index (κ2) is 5.83. The van der Waals surface area contributed by atoms with Gasteiger partial charge in [-0.15, -0.1) is 0 Å². The van der Waals surface area contributed by atoms with E-state index in [2.05, 4.69) is 10.1 Å². The first-order chi connectivity index (χ1) is 11.2. The molecule has 0 N–H and O–H groups in total. The molecule has 0 bridgehead atoms. The van der Waals surface area contributed by atoms with Gasteiger partial charge in [-0.2, -0.15) is 5.10 Å². The maximum atomic E-state index is 14.6. The van der Waals surface area contributed by atoms with E-state index < -0.39 is 24.0 Å². The van der Waals surface area contributed by atoms with E-state index in [0.717, 1.165) is 11.3 Å². The monoisotopic (exact) mass is 329 g/mol. The molecule has 2 aromatic heterocycles. The molecule has 0 radical (unpaired) electrons. The Kier molecular flexibility index (Phi) is 4.09. The van der Waals surface area contributed by atoms with Gasteiger partial charge in [0.1, 0.15) is 5.73 Å². The number of pyridine rings is 1. The minimum absolute atomic E-state index is 0.477. The van der Waals surface area contributed by atoms with Gasteiger partial charge in [0.05, 0.1) is 22.6 Å². The van der Waals surface area contributed by atoms with Crippen LogP contribution in [0.15, 0.2) is 36.3 Å². The fourth-order valence-electron chi connectivity index (χ4n) is 2.44. The Balaban J connectivity index is 1.86. The van der Waals surface area contributed by atoms with E-state index in [0.29, 0.717) is 5.69 Å². The SMILES string of the molecule is Cn1nc(-c2cccnc2)cc1C=C(F)B1OC(C)(C)C(C)(C)O1. The van der Waals surface area contributed by atoms with Gasteiger partial charge in [0, 0.05) is 25.0 Å². The van der Waals surface area contributed by atoms with E-state index in [9.17, 15) is 4.39 Å². The van der Waals surface area contributed by atoms with Crippen LogP contribution in [0.25, 0.3) is 17.3 Å². The van der Waals surface area contributed by atoms with Crippen LogP contribution in [0.1, 0.15) is 33.4 Å². The van der Waals surface area contributed by atoms with Gasteiger partial charge >= 0.3 is 7.12 Å².